The van der Waals surface area contributed by atoms with Crippen molar-refractivity contribution in [3.05, 3.63) is 0 Å². The maximum atomic E-state index is 11.5. The topological polar surface area (TPSA) is 127 Å². The monoisotopic (exact) mass is 246 g/mol. The Balaban J connectivity index is 2.52. The van der Waals surface area contributed by atoms with E-state index in [1.807, 2.05) is 0 Å². The van der Waals surface area contributed by atoms with Gasteiger partial charge in [0.1, 0.15) is 6.04 Å². The second-order valence-corrected chi connectivity index (χ2v) is 3.83. The third kappa shape index (κ3) is 3.91. The molecule has 1 heterocycles. The number of likely N-dealkylation sites (tertiary alicyclic amines) is 1. The molecular weight excluding hydrogens is 232 g/mol. The Labute approximate surface area is 96.8 Å². The number of amides is 2. The van der Waals surface area contributed by atoms with E-state index in [9.17, 15) is 19.5 Å². The van der Waals surface area contributed by atoms with Crippen LogP contribution in [0.1, 0.15) is 12.8 Å². The number of hydrogen-bond acceptors (Lipinski definition) is 4. The molecule has 0 aromatic heterocycles. The fourth-order valence-electron chi connectivity index (χ4n) is 1.54. The SMILES string of the molecule is O=C(O)CC(NC(=O)N1CCC(O)C1)C(=O)O. The second kappa shape index (κ2) is 5.48. The van der Waals surface area contributed by atoms with Gasteiger partial charge >= 0.3 is 18.0 Å². The van der Waals surface area contributed by atoms with Gasteiger partial charge in [-0.15, -0.1) is 0 Å². The number of hydrogen-bond donors (Lipinski definition) is 4. The van der Waals surface area contributed by atoms with Crippen molar-refractivity contribution in [2.75, 3.05) is 13.1 Å². The zero-order chi connectivity index (χ0) is 13.0. The minimum atomic E-state index is -1.46. The summed E-state index contributed by atoms with van der Waals surface area (Å²) in [6.07, 6.45) is -0.856. The summed E-state index contributed by atoms with van der Waals surface area (Å²) >= 11 is 0. The molecule has 96 valence electrons. The highest BCUT2D eigenvalue weighted by molar-refractivity contribution is 5.86. The molecule has 2 atom stereocenters. The Hall–Kier alpha value is -1.83. The van der Waals surface area contributed by atoms with E-state index in [0.717, 1.165) is 0 Å². The molecule has 1 saturated heterocycles. The van der Waals surface area contributed by atoms with Gasteiger partial charge in [-0.3, -0.25) is 4.79 Å². The van der Waals surface area contributed by atoms with Gasteiger partial charge in [0.05, 0.1) is 12.5 Å². The number of aliphatic carboxylic acids is 2. The summed E-state index contributed by atoms with van der Waals surface area (Å²) < 4.78 is 0. The Morgan fingerprint density at radius 2 is 2.00 bits per heavy atom. The number of aliphatic hydroxyl groups excluding tert-OH is 1. The van der Waals surface area contributed by atoms with Gasteiger partial charge in [0.25, 0.3) is 0 Å². The molecule has 1 fully saturated rings. The highest BCUT2D eigenvalue weighted by Crippen LogP contribution is 2.09. The number of aliphatic hydroxyl groups is 1. The van der Waals surface area contributed by atoms with Gasteiger partial charge in [-0.1, -0.05) is 0 Å². The molecule has 4 N–H and O–H groups in total. The molecule has 0 saturated carbocycles. The normalized spacial score (nSPS) is 21.0. The molecule has 1 aliphatic rings. The van der Waals surface area contributed by atoms with E-state index in [0.29, 0.717) is 13.0 Å². The number of urea groups is 1. The first-order valence-corrected chi connectivity index (χ1v) is 5.08. The molecule has 0 aromatic carbocycles. The fraction of sp³-hybridized carbons (Fsp3) is 0.667. The number of carbonyl (C=O) groups is 3. The Kier molecular flexibility index (Phi) is 4.27. The van der Waals surface area contributed by atoms with Crippen molar-refractivity contribution in [3.8, 4) is 0 Å². The number of β-amino-alcohol motifs (C(OH)–C–C–N with tert-alkyl or cyclic N) is 1. The predicted octanol–water partition coefficient (Wildman–Crippen LogP) is -1.31. The number of carboxylic acids is 2. The highest BCUT2D eigenvalue weighted by Gasteiger charge is 2.29. The van der Waals surface area contributed by atoms with Crippen molar-refractivity contribution in [2.24, 2.45) is 0 Å². The van der Waals surface area contributed by atoms with Crippen LogP contribution in [-0.2, 0) is 9.59 Å². The molecule has 2 amide bonds. The van der Waals surface area contributed by atoms with E-state index in [1.165, 1.54) is 4.90 Å². The maximum absolute atomic E-state index is 11.5. The smallest absolute Gasteiger partial charge is 0.326 e. The van der Waals surface area contributed by atoms with Gasteiger partial charge in [0, 0.05) is 13.1 Å². The van der Waals surface area contributed by atoms with E-state index in [-0.39, 0.29) is 6.54 Å². The summed E-state index contributed by atoms with van der Waals surface area (Å²) in [4.78, 5) is 33.9. The molecule has 1 rings (SSSR count). The molecule has 8 nitrogen and oxygen atoms in total. The molecule has 1 aliphatic heterocycles. The van der Waals surface area contributed by atoms with Crippen molar-refractivity contribution in [3.63, 3.8) is 0 Å². The van der Waals surface area contributed by atoms with Crippen LogP contribution in [0.3, 0.4) is 0 Å². The average molecular weight is 246 g/mol. The number of nitrogens with one attached hydrogen (secondary N) is 1. The molecule has 0 spiro atoms. The molecule has 8 heteroatoms. The quantitative estimate of drug-likeness (QED) is 0.487. The fourth-order valence-corrected chi connectivity index (χ4v) is 1.54. The van der Waals surface area contributed by atoms with Gasteiger partial charge < -0.3 is 25.5 Å². The van der Waals surface area contributed by atoms with Crippen LogP contribution in [-0.4, -0.2) is 63.4 Å². The first kappa shape index (κ1) is 13.2. The van der Waals surface area contributed by atoms with Crippen LogP contribution < -0.4 is 5.32 Å². The zero-order valence-electron chi connectivity index (χ0n) is 9.00. The van der Waals surface area contributed by atoms with Crippen LogP contribution in [0.25, 0.3) is 0 Å². The third-order valence-corrected chi connectivity index (χ3v) is 2.43. The highest BCUT2D eigenvalue weighted by atomic mass is 16.4. The molecule has 0 aliphatic carbocycles. The minimum Gasteiger partial charge on any atom is -0.481 e. The summed E-state index contributed by atoms with van der Waals surface area (Å²) in [6, 6.07) is -2.13. The van der Waals surface area contributed by atoms with Crippen molar-refractivity contribution in [1.29, 1.82) is 0 Å². The van der Waals surface area contributed by atoms with E-state index in [2.05, 4.69) is 5.32 Å². The van der Waals surface area contributed by atoms with Gasteiger partial charge in [-0.2, -0.15) is 0 Å². The number of carbonyl (C=O) groups excluding carboxylic acids is 1. The van der Waals surface area contributed by atoms with Crippen molar-refractivity contribution in [2.45, 2.75) is 25.0 Å². The number of carboxylic acid groups (broad SMARTS) is 2. The first-order chi connectivity index (χ1) is 7.90. The lowest BCUT2D eigenvalue weighted by atomic mass is 10.2. The van der Waals surface area contributed by atoms with Gasteiger partial charge in [0.2, 0.25) is 0 Å². The number of rotatable bonds is 4. The lowest BCUT2D eigenvalue weighted by Crippen LogP contribution is -2.48. The predicted molar refractivity (Wildman–Crippen MR) is 54.4 cm³/mol. The summed E-state index contributed by atoms with van der Waals surface area (Å²) in [6.45, 7) is 0.456. The van der Waals surface area contributed by atoms with E-state index >= 15 is 0 Å². The summed E-state index contributed by atoms with van der Waals surface area (Å²) in [5, 5.41) is 28.5. The van der Waals surface area contributed by atoms with Gasteiger partial charge in [0.15, 0.2) is 0 Å². The summed E-state index contributed by atoms with van der Waals surface area (Å²) in [7, 11) is 0. The van der Waals surface area contributed by atoms with E-state index < -0.39 is 36.5 Å². The average Bonchev–Trinajstić information content (AvgIpc) is 2.63. The van der Waals surface area contributed by atoms with Crippen LogP contribution in [0, 0.1) is 0 Å². The zero-order valence-corrected chi connectivity index (χ0v) is 9.00. The van der Waals surface area contributed by atoms with Crippen molar-refractivity contribution < 1.29 is 29.7 Å². The van der Waals surface area contributed by atoms with Crippen molar-refractivity contribution in [1.82, 2.24) is 10.2 Å². The summed E-state index contributed by atoms with van der Waals surface area (Å²) in [5.74, 6) is -2.71. The Bertz CT molecular complexity index is 331. The molecule has 0 aromatic rings. The van der Waals surface area contributed by atoms with Gasteiger partial charge in [-0.25, -0.2) is 9.59 Å². The minimum absolute atomic E-state index is 0.130. The third-order valence-electron chi connectivity index (χ3n) is 2.43. The van der Waals surface area contributed by atoms with E-state index in [1.54, 1.807) is 0 Å². The van der Waals surface area contributed by atoms with E-state index in [4.69, 9.17) is 10.2 Å². The largest absolute Gasteiger partial charge is 0.481 e. The Morgan fingerprint density at radius 1 is 1.35 bits per heavy atom. The maximum Gasteiger partial charge on any atom is 0.326 e. The second-order valence-electron chi connectivity index (χ2n) is 3.83. The lowest BCUT2D eigenvalue weighted by molar-refractivity contribution is -0.145. The summed E-state index contributed by atoms with van der Waals surface area (Å²) in [5.41, 5.74) is 0. The molecule has 2 unspecified atom stereocenters. The molecular formula is C9H14N2O6. The Morgan fingerprint density at radius 3 is 2.41 bits per heavy atom. The van der Waals surface area contributed by atoms with Crippen molar-refractivity contribution >= 4 is 18.0 Å². The van der Waals surface area contributed by atoms with Crippen LogP contribution in [0.4, 0.5) is 4.79 Å². The molecule has 17 heavy (non-hydrogen) atoms. The number of nitrogens with zero attached hydrogens (tertiary/aromatic N) is 1. The first-order valence-electron chi connectivity index (χ1n) is 5.08. The standard InChI is InChI=1S/C9H14N2O6/c12-5-1-2-11(4-5)9(17)10-6(8(15)16)3-7(13)14/h5-6,12H,1-4H2,(H,10,17)(H,13,14)(H,15,16). The van der Waals surface area contributed by atoms with Crippen LogP contribution in [0.2, 0.25) is 0 Å². The van der Waals surface area contributed by atoms with Crippen LogP contribution >= 0.6 is 0 Å². The van der Waals surface area contributed by atoms with Gasteiger partial charge in [-0.05, 0) is 6.42 Å². The van der Waals surface area contributed by atoms with Crippen LogP contribution in [0.15, 0.2) is 0 Å². The molecule has 0 radical (unpaired) electrons. The molecule has 0 bridgehead atoms. The lowest BCUT2D eigenvalue weighted by Gasteiger charge is -2.19. The van der Waals surface area contributed by atoms with Crippen LogP contribution in [0.5, 0.6) is 0 Å².